The number of fused-ring (bicyclic) bond motifs is 6. The summed E-state index contributed by atoms with van der Waals surface area (Å²) in [6, 6.07) is 91.3. The van der Waals surface area contributed by atoms with Crippen molar-refractivity contribution < 1.29 is 9.59 Å². The van der Waals surface area contributed by atoms with E-state index in [9.17, 15) is 0 Å². The molecule has 0 aromatic heterocycles. The van der Waals surface area contributed by atoms with E-state index in [-0.39, 0.29) is 11.6 Å². The zero-order valence-electron chi connectivity index (χ0n) is 41.8. The van der Waals surface area contributed by atoms with Crippen LogP contribution >= 0.6 is 0 Å². The Bertz CT molecular complexity index is 4130. The fourth-order valence-electron chi connectivity index (χ4n) is 13.3. The largest absolute Gasteiger partial charge is 0.289 e. The van der Waals surface area contributed by atoms with Crippen LogP contribution in [0.25, 0.3) is 55.3 Å². The van der Waals surface area contributed by atoms with Crippen LogP contribution in [0.5, 0.6) is 0 Å². The minimum Gasteiger partial charge on any atom is -0.289 e. The fraction of sp³-hybridized carbons (Fsp3) is 0.0541. The molecule has 2 nitrogen and oxygen atoms in total. The van der Waals surface area contributed by atoms with Crippen molar-refractivity contribution in [3.05, 3.63) is 346 Å². The fourth-order valence-corrected chi connectivity index (χ4v) is 13.3. The topological polar surface area (TPSA) is 34.1 Å². The highest BCUT2D eigenvalue weighted by Crippen LogP contribution is 2.63. The van der Waals surface area contributed by atoms with Gasteiger partial charge in [0.2, 0.25) is 0 Å². The van der Waals surface area contributed by atoms with Crippen LogP contribution in [0.2, 0.25) is 0 Å². The molecule has 3 aliphatic rings. The van der Waals surface area contributed by atoms with Crippen molar-refractivity contribution in [2.45, 2.75) is 23.7 Å². The van der Waals surface area contributed by atoms with E-state index in [0.29, 0.717) is 22.3 Å². The summed E-state index contributed by atoms with van der Waals surface area (Å²) in [6.07, 6.45) is 8.94. The third-order valence-electron chi connectivity index (χ3n) is 16.5. The second kappa shape index (κ2) is 18.2. The highest BCUT2D eigenvalue weighted by atomic mass is 16.1. The van der Waals surface area contributed by atoms with Crippen molar-refractivity contribution in [3.63, 3.8) is 0 Å². The van der Waals surface area contributed by atoms with Crippen molar-refractivity contribution in [3.8, 4) is 44.5 Å². The minimum absolute atomic E-state index is 0.0188. The third kappa shape index (κ3) is 6.74. The molecule has 2 heteroatoms. The van der Waals surface area contributed by atoms with Crippen LogP contribution in [-0.2, 0) is 10.8 Å². The van der Waals surface area contributed by atoms with Gasteiger partial charge in [0.1, 0.15) is 0 Å². The predicted molar refractivity (Wildman–Crippen MR) is 310 cm³/mol. The van der Waals surface area contributed by atoms with Crippen LogP contribution in [0.3, 0.4) is 0 Å². The summed E-state index contributed by atoms with van der Waals surface area (Å²) in [4.78, 5) is 30.6. The first kappa shape index (κ1) is 45.1. The zero-order valence-corrected chi connectivity index (χ0v) is 41.8. The molecular weight excluding hydrogens is 921 g/mol. The Morgan fingerprint density at radius 2 is 0.816 bits per heavy atom. The Morgan fingerprint density at radius 3 is 1.34 bits per heavy atom. The van der Waals surface area contributed by atoms with Gasteiger partial charge in [-0.2, -0.15) is 0 Å². The average molecular weight is 971 g/mol. The van der Waals surface area contributed by atoms with Gasteiger partial charge >= 0.3 is 0 Å². The van der Waals surface area contributed by atoms with E-state index in [0.717, 1.165) is 96.1 Å². The first-order valence-corrected chi connectivity index (χ1v) is 26.4. The molecule has 0 saturated heterocycles. The van der Waals surface area contributed by atoms with Gasteiger partial charge < -0.3 is 0 Å². The standard InChI is InChI=1S/C74H50O2/c75-71(60-38-21-19-36-57(60)49-24-7-1-8-25-49)51-42-44-59-64-48-68-69(63-40-23-41-65(70(63)64)73(66(59)46-51,53-28-11-3-12-29-53)54-30-13-4-14-31-54)62-45-43-52(72(76)61-39-22-20-37-58(61)50-26-9-2-10-27-50)47-67(62)74(68,55-32-15-5-16-33-55)56-34-17-6-18-35-56/h1-3,5-13,15-48H,4,14H2. The van der Waals surface area contributed by atoms with E-state index in [1.54, 1.807) is 0 Å². The second-order valence-electron chi connectivity index (χ2n) is 20.3. The van der Waals surface area contributed by atoms with Crippen molar-refractivity contribution in [1.82, 2.24) is 0 Å². The van der Waals surface area contributed by atoms with Crippen molar-refractivity contribution in [2.75, 3.05) is 0 Å². The molecule has 0 saturated carbocycles. The maximum atomic E-state index is 15.4. The molecule has 0 aliphatic heterocycles. The van der Waals surface area contributed by atoms with Gasteiger partial charge in [-0.1, -0.05) is 261 Å². The lowest BCUT2D eigenvalue weighted by Crippen LogP contribution is -2.35. The summed E-state index contributed by atoms with van der Waals surface area (Å²) in [7, 11) is 0. The molecule has 14 rings (SSSR count). The number of carbonyl (C=O) groups excluding carboxylic acids is 2. The Labute approximate surface area is 443 Å². The summed E-state index contributed by atoms with van der Waals surface area (Å²) in [5.41, 5.74) is 18.3. The quantitative estimate of drug-likeness (QED) is 0.128. The van der Waals surface area contributed by atoms with Crippen LogP contribution in [-0.4, -0.2) is 11.6 Å². The van der Waals surface area contributed by atoms with Crippen molar-refractivity contribution >= 4 is 22.3 Å². The summed E-state index contributed by atoms with van der Waals surface area (Å²) < 4.78 is 0. The lowest BCUT2D eigenvalue weighted by molar-refractivity contribution is 0.103. The third-order valence-corrected chi connectivity index (χ3v) is 16.5. The molecule has 1 unspecified atom stereocenters. The molecular formula is C74H50O2. The number of carbonyl (C=O) groups is 2. The van der Waals surface area contributed by atoms with Gasteiger partial charge in [-0.15, -0.1) is 0 Å². The second-order valence-corrected chi connectivity index (χ2v) is 20.3. The number of hydrogen-bond donors (Lipinski definition) is 0. The van der Waals surface area contributed by atoms with Crippen molar-refractivity contribution in [2.24, 2.45) is 0 Å². The van der Waals surface area contributed by atoms with Crippen LogP contribution in [0.4, 0.5) is 0 Å². The zero-order chi connectivity index (χ0) is 50.8. The van der Waals surface area contributed by atoms with Crippen LogP contribution in [0.15, 0.2) is 285 Å². The van der Waals surface area contributed by atoms with Gasteiger partial charge in [-0.3, -0.25) is 9.59 Å². The Kier molecular flexibility index (Phi) is 10.8. The lowest BCUT2D eigenvalue weighted by atomic mass is 9.57. The molecule has 0 fully saturated rings. The Hall–Kier alpha value is -9.50. The van der Waals surface area contributed by atoms with Crippen molar-refractivity contribution in [1.29, 1.82) is 0 Å². The molecule has 0 N–H and O–H groups in total. The number of benzene rings is 11. The van der Waals surface area contributed by atoms with E-state index in [4.69, 9.17) is 0 Å². The average Bonchev–Trinajstić information content (AvgIpc) is 4.00. The lowest BCUT2D eigenvalue weighted by Gasteiger charge is -2.44. The summed E-state index contributed by atoms with van der Waals surface area (Å²) in [5.74, 6) is -0.0409. The minimum atomic E-state index is -0.830. The molecule has 76 heavy (non-hydrogen) atoms. The highest BCUT2D eigenvalue weighted by Gasteiger charge is 2.51. The monoisotopic (exact) mass is 970 g/mol. The summed E-state index contributed by atoms with van der Waals surface area (Å²) in [6.45, 7) is 0. The first-order valence-electron chi connectivity index (χ1n) is 26.4. The maximum absolute atomic E-state index is 15.4. The summed E-state index contributed by atoms with van der Waals surface area (Å²) >= 11 is 0. The smallest absolute Gasteiger partial charge is 0.193 e. The molecule has 358 valence electrons. The van der Waals surface area contributed by atoms with Crippen LogP contribution in [0, 0.1) is 0 Å². The maximum Gasteiger partial charge on any atom is 0.193 e. The van der Waals surface area contributed by atoms with E-state index < -0.39 is 10.8 Å². The number of allylic oxidation sites excluding steroid dienone is 4. The van der Waals surface area contributed by atoms with Gasteiger partial charge in [0.15, 0.2) is 11.6 Å². The molecule has 0 radical (unpaired) electrons. The van der Waals surface area contributed by atoms with Gasteiger partial charge in [0.05, 0.1) is 10.8 Å². The molecule has 0 bridgehead atoms. The van der Waals surface area contributed by atoms with E-state index in [2.05, 4.69) is 194 Å². The molecule has 0 heterocycles. The molecule has 0 amide bonds. The number of hydrogen-bond acceptors (Lipinski definition) is 2. The van der Waals surface area contributed by atoms with E-state index in [1.807, 2.05) is 84.9 Å². The Morgan fingerprint density at radius 1 is 0.342 bits per heavy atom. The summed E-state index contributed by atoms with van der Waals surface area (Å²) in [5, 5.41) is 2.34. The normalized spacial score (nSPS) is 15.6. The molecule has 11 aromatic carbocycles. The highest BCUT2D eigenvalue weighted by molar-refractivity contribution is 6.18. The van der Waals surface area contributed by atoms with Crippen LogP contribution in [0.1, 0.15) is 83.6 Å². The van der Waals surface area contributed by atoms with Crippen LogP contribution < -0.4 is 0 Å². The van der Waals surface area contributed by atoms with E-state index in [1.165, 1.54) is 16.5 Å². The molecule has 3 aliphatic carbocycles. The van der Waals surface area contributed by atoms with Gasteiger partial charge in [-0.05, 0) is 131 Å². The first-order chi connectivity index (χ1) is 37.6. The van der Waals surface area contributed by atoms with Gasteiger partial charge in [0.25, 0.3) is 0 Å². The molecule has 11 aromatic rings. The van der Waals surface area contributed by atoms with E-state index >= 15 is 9.59 Å². The number of ketones is 2. The molecule has 1 atom stereocenters. The van der Waals surface area contributed by atoms with Gasteiger partial charge in [-0.25, -0.2) is 0 Å². The Balaban J connectivity index is 1.08. The predicted octanol–water partition coefficient (Wildman–Crippen LogP) is 17.6. The number of rotatable bonds is 10. The molecule has 0 spiro atoms. The van der Waals surface area contributed by atoms with Gasteiger partial charge in [0, 0.05) is 22.3 Å². The SMILES string of the molecule is O=C(c1ccc2c(c1)C(C1=CCCC=C1)(c1ccccc1)c1cccc3c4c(cc-2c13)C(c1ccccc1)(c1ccccc1)c1cc(C(=O)c2ccccc2-c2ccccc2)ccc1-4)c1ccccc1-c1ccccc1.